The Morgan fingerprint density at radius 3 is 1.37 bits per heavy atom. The zero-order valence-electron chi connectivity index (χ0n) is 24.7. The van der Waals surface area contributed by atoms with Gasteiger partial charge in [0.25, 0.3) is 0 Å². The van der Waals surface area contributed by atoms with Crippen molar-refractivity contribution in [1.82, 2.24) is 9.55 Å². The molecule has 1 aromatic heterocycles. The molecule has 0 aliphatic carbocycles. The summed E-state index contributed by atoms with van der Waals surface area (Å²) in [5.74, 6) is 2.06. The molecule has 35 heavy (non-hydrogen) atoms. The lowest BCUT2D eigenvalue weighted by Gasteiger charge is -2.22. The summed E-state index contributed by atoms with van der Waals surface area (Å²) < 4.78 is 2.56. The molecular weight excluding hydrogens is 424 g/mol. The maximum atomic E-state index is 4.94. The van der Waals surface area contributed by atoms with Crippen molar-refractivity contribution in [3.8, 4) is 0 Å². The fourth-order valence-electron chi connectivity index (χ4n) is 5.65. The molecule has 0 saturated heterocycles. The highest BCUT2D eigenvalue weighted by molar-refractivity contribution is 5.02. The Hall–Kier alpha value is -0.790. The number of unbranched alkanes of at least 4 members (excludes halogenated alkanes) is 18. The summed E-state index contributed by atoms with van der Waals surface area (Å²) in [7, 11) is 0. The van der Waals surface area contributed by atoms with Crippen LogP contribution >= 0.6 is 0 Å². The van der Waals surface area contributed by atoms with Crippen molar-refractivity contribution >= 4 is 0 Å². The monoisotopic (exact) mass is 489 g/mol. The highest BCUT2D eigenvalue weighted by Crippen LogP contribution is 2.30. The summed E-state index contributed by atoms with van der Waals surface area (Å²) in [6.07, 6.45) is 37.8. The van der Waals surface area contributed by atoms with Crippen LogP contribution < -0.4 is 0 Å². The molecule has 0 bridgehead atoms. The van der Waals surface area contributed by atoms with Gasteiger partial charge in [0.15, 0.2) is 0 Å². The average Bonchev–Trinajstić information content (AvgIpc) is 3.35. The van der Waals surface area contributed by atoms with E-state index in [-0.39, 0.29) is 0 Å². The van der Waals surface area contributed by atoms with Crippen molar-refractivity contribution < 1.29 is 0 Å². The van der Waals surface area contributed by atoms with E-state index in [9.17, 15) is 0 Å². The molecule has 0 N–H and O–H groups in total. The fraction of sp³-hybridized carbons (Fsp3) is 0.909. The van der Waals surface area contributed by atoms with Gasteiger partial charge < -0.3 is 4.57 Å². The highest BCUT2D eigenvalue weighted by Gasteiger charge is 2.19. The second kappa shape index (κ2) is 23.6. The largest absolute Gasteiger partial charge is 0.332 e. The summed E-state index contributed by atoms with van der Waals surface area (Å²) in [6, 6.07) is 0.592. The molecule has 2 nitrogen and oxygen atoms in total. The molecule has 2 heteroatoms. The Morgan fingerprint density at radius 1 is 0.543 bits per heavy atom. The van der Waals surface area contributed by atoms with Crippen LogP contribution in [-0.2, 0) is 0 Å². The van der Waals surface area contributed by atoms with E-state index >= 15 is 0 Å². The van der Waals surface area contributed by atoms with Crippen molar-refractivity contribution in [3.05, 3.63) is 18.2 Å². The predicted molar refractivity (Wildman–Crippen MR) is 158 cm³/mol. The summed E-state index contributed by atoms with van der Waals surface area (Å²) >= 11 is 0. The molecule has 0 aromatic carbocycles. The van der Waals surface area contributed by atoms with E-state index in [2.05, 4.69) is 44.7 Å². The second-order valence-corrected chi connectivity index (χ2v) is 11.5. The maximum absolute atomic E-state index is 4.94. The molecule has 206 valence electrons. The van der Waals surface area contributed by atoms with Crippen molar-refractivity contribution in [1.29, 1.82) is 0 Å². The highest BCUT2D eigenvalue weighted by atomic mass is 15.1. The number of nitrogens with zero attached hydrogens (tertiary/aromatic N) is 2. The van der Waals surface area contributed by atoms with Crippen LogP contribution in [-0.4, -0.2) is 9.55 Å². The smallest absolute Gasteiger partial charge is 0.111 e. The van der Waals surface area contributed by atoms with Gasteiger partial charge in [0.1, 0.15) is 5.82 Å². The fourth-order valence-corrected chi connectivity index (χ4v) is 5.65. The zero-order chi connectivity index (χ0) is 25.4. The van der Waals surface area contributed by atoms with Gasteiger partial charge in [0, 0.05) is 24.4 Å². The maximum Gasteiger partial charge on any atom is 0.111 e. The molecule has 0 aliphatic heterocycles. The first kappa shape index (κ1) is 32.2. The van der Waals surface area contributed by atoms with E-state index in [1.165, 1.54) is 160 Å². The van der Waals surface area contributed by atoms with E-state index in [4.69, 9.17) is 4.98 Å². The van der Waals surface area contributed by atoms with Crippen LogP contribution in [0.4, 0.5) is 0 Å². The molecule has 2 unspecified atom stereocenters. The molecule has 0 saturated carbocycles. The minimum absolute atomic E-state index is 0.592. The molecule has 2 atom stereocenters. The van der Waals surface area contributed by atoms with Gasteiger partial charge in [-0.15, -0.1) is 0 Å². The third-order valence-electron chi connectivity index (χ3n) is 8.08. The van der Waals surface area contributed by atoms with Crippen LogP contribution in [0.2, 0.25) is 0 Å². The topological polar surface area (TPSA) is 17.8 Å². The van der Waals surface area contributed by atoms with Gasteiger partial charge in [0.2, 0.25) is 0 Å². The summed E-state index contributed by atoms with van der Waals surface area (Å²) in [6.45, 7) is 9.36. The molecular formula is C33H64N2. The van der Waals surface area contributed by atoms with Crippen LogP contribution in [0.1, 0.15) is 200 Å². The molecule has 1 heterocycles. The van der Waals surface area contributed by atoms with E-state index in [1.54, 1.807) is 0 Å². The minimum Gasteiger partial charge on any atom is -0.332 e. The van der Waals surface area contributed by atoms with Crippen LogP contribution in [0.5, 0.6) is 0 Å². The third kappa shape index (κ3) is 16.6. The molecule has 0 spiro atoms. The lowest BCUT2D eigenvalue weighted by atomic mass is 9.93. The Bertz CT molecular complexity index is 549. The van der Waals surface area contributed by atoms with Crippen LogP contribution in [0.15, 0.2) is 12.4 Å². The summed E-state index contributed by atoms with van der Waals surface area (Å²) in [5, 5.41) is 0. The lowest BCUT2D eigenvalue weighted by molar-refractivity contribution is 0.413. The van der Waals surface area contributed by atoms with E-state index in [0.717, 1.165) is 0 Å². The van der Waals surface area contributed by atoms with Gasteiger partial charge in [0.05, 0.1) is 0 Å². The molecule has 1 rings (SSSR count). The quantitative estimate of drug-likeness (QED) is 0.118. The normalized spacial score (nSPS) is 13.4. The van der Waals surface area contributed by atoms with Crippen molar-refractivity contribution in [3.63, 3.8) is 0 Å². The number of rotatable bonds is 26. The molecule has 0 aliphatic rings. The SMILES string of the molecule is CCCCCCCCCCCC(CCCCCC)c1nccn1C(C)CCCCCCCCCC. The Morgan fingerprint density at radius 2 is 0.914 bits per heavy atom. The van der Waals surface area contributed by atoms with Crippen molar-refractivity contribution in [2.45, 2.75) is 194 Å². The van der Waals surface area contributed by atoms with Gasteiger partial charge in [-0.05, 0) is 26.2 Å². The Kier molecular flexibility index (Phi) is 21.7. The number of aromatic nitrogens is 2. The van der Waals surface area contributed by atoms with E-state index in [0.29, 0.717) is 12.0 Å². The second-order valence-electron chi connectivity index (χ2n) is 11.5. The first-order valence-corrected chi connectivity index (χ1v) is 16.3. The molecule has 0 fully saturated rings. The predicted octanol–water partition coefficient (Wildman–Crippen LogP) is 11.9. The minimum atomic E-state index is 0.592. The average molecular weight is 489 g/mol. The van der Waals surface area contributed by atoms with Gasteiger partial charge in [-0.1, -0.05) is 156 Å². The van der Waals surface area contributed by atoms with E-state index < -0.39 is 0 Å². The summed E-state index contributed by atoms with van der Waals surface area (Å²) in [5.41, 5.74) is 0. The Balaban J connectivity index is 2.43. The molecule has 1 aromatic rings. The van der Waals surface area contributed by atoms with Crippen molar-refractivity contribution in [2.75, 3.05) is 0 Å². The first-order valence-electron chi connectivity index (χ1n) is 16.3. The lowest BCUT2D eigenvalue weighted by Crippen LogP contribution is -2.13. The van der Waals surface area contributed by atoms with Gasteiger partial charge in [-0.3, -0.25) is 0 Å². The van der Waals surface area contributed by atoms with Crippen LogP contribution in [0.3, 0.4) is 0 Å². The van der Waals surface area contributed by atoms with Gasteiger partial charge in [-0.2, -0.15) is 0 Å². The van der Waals surface area contributed by atoms with Crippen LogP contribution in [0, 0.1) is 0 Å². The first-order chi connectivity index (χ1) is 17.2. The number of imidazole rings is 1. The summed E-state index contributed by atoms with van der Waals surface area (Å²) in [4.78, 5) is 4.94. The molecule has 0 radical (unpaired) electrons. The molecule has 0 amide bonds. The number of hydrogen-bond acceptors (Lipinski definition) is 1. The van der Waals surface area contributed by atoms with Crippen LogP contribution in [0.25, 0.3) is 0 Å². The van der Waals surface area contributed by atoms with E-state index in [1.807, 2.05) is 0 Å². The zero-order valence-corrected chi connectivity index (χ0v) is 24.7. The van der Waals surface area contributed by atoms with Gasteiger partial charge >= 0.3 is 0 Å². The standard InChI is InChI=1S/C33H64N2/c1-5-8-11-14-16-18-20-22-25-28-32(27-24-13-10-7-3)33-34-29-30-35(33)31(4)26-23-21-19-17-15-12-9-6-2/h29-32H,5-28H2,1-4H3. The third-order valence-corrected chi connectivity index (χ3v) is 8.08. The van der Waals surface area contributed by atoms with Crippen molar-refractivity contribution in [2.24, 2.45) is 0 Å². The number of hydrogen-bond donors (Lipinski definition) is 0. The van der Waals surface area contributed by atoms with Gasteiger partial charge in [-0.25, -0.2) is 4.98 Å². The Labute approximate surface area is 221 Å².